The van der Waals surface area contributed by atoms with Gasteiger partial charge in [0.1, 0.15) is 13.2 Å². The number of carbonyl (C=O) groups is 1. The highest BCUT2D eigenvalue weighted by atomic mass is 35.5. The van der Waals surface area contributed by atoms with Gasteiger partial charge in [-0.15, -0.1) is 0 Å². The summed E-state index contributed by atoms with van der Waals surface area (Å²) in [6.07, 6.45) is 4.92. The number of likely N-dealkylation sites (N-methyl/N-ethyl adjacent to an activating group) is 1. The largest absolute Gasteiger partial charge is 1.00 e. The van der Waals surface area contributed by atoms with Gasteiger partial charge in [0.2, 0.25) is 0 Å². The molecule has 0 aliphatic carbocycles. The fourth-order valence-electron chi connectivity index (χ4n) is 1.51. The van der Waals surface area contributed by atoms with Crippen LogP contribution in [0.2, 0.25) is 0 Å². The van der Waals surface area contributed by atoms with Gasteiger partial charge in [-0.25, -0.2) is 4.79 Å². The molecule has 0 aromatic carbocycles. The minimum atomic E-state index is -0.332. The maximum atomic E-state index is 10.9. The number of halogens is 1. The lowest BCUT2D eigenvalue weighted by molar-refractivity contribution is -0.913. The van der Waals surface area contributed by atoms with Crippen molar-refractivity contribution in [1.29, 1.82) is 0 Å². The average molecular weight is 264 g/mol. The molecule has 0 aromatic heterocycles. The van der Waals surface area contributed by atoms with E-state index in [0.29, 0.717) is 12.6 Å². The second-order valence-corrected chi connectivity index (χ2v) is 4.87. The SMILES string of the molecule is C=CC(=O)OCC[N+](C)(C)C(C)CCCC.[Cl-]. The van der Waals surface area contributed by atoms with E-state index in [0.717, 1.165) is 11.0 Å². The number of quaternary nitrogens is 1. The Labute approximate surface area is 112 Å². The normalized spacial score (nSPS) is 12.5. The second-order valence-electron chi connectivity index (χ2n) is 4.87. The predicted octanol–water partition coefficient (Wildman–Crippen LogP) is -0.625. The zero-order valence-corrected chi connectivity index (χ0v) is 12.3. The summed E-state index contributed by atoms with van der Waals surface area (Å²) >= 11 is 0. The molecule has 17 heavy (non-hydrogen) atoms. The first-order valence-electron chi connectivity index (χ1n) is 6.06. The van der Waals surface area contributed by atoms with Crippen molar-refractivity contribution in [3.63, 3.8) is 0 Å². The van der Waals surface area contributed by atoms with Crippen molar-refractivity contribution in [3.8, 4) is 0 Å². The van der Waals surface area contributed by atoms with Gasteiger partial charge >= 0.3 is 5.97 Å². The zero-order valence-electron chi connectivity index (χ0n) is 11.5. The van der Waals surface area contributed by atoms with E-state index >= 15 is 0 Å². The van der Waals surface area contributed by atoms with Crippen molar-refractivity contribution in [2.75, 3.05) is 27.2 Å². The summed E-state index contributed by atoms with van der Waals surface area (Å²) in [5, 5.41) is 0. The Kier molecular flexibility index (Phi) is 10.5. The number of nitrogens with zero attached hydrogens (tertiary/aromatic N) is 1. The topological polar surface area (TPSA) is 26.3 Å². The third-order valence-corrected chi connectivity index (χ3v) is 3.25. The van der Waals surface area contributed by atoms with Crippen LogP contribution in [0.25, 0.3) is 0 Å². The van der Waals surface area contributed by atoms with E-state index in [9.17, 15) is 4.79 Å². The molecule has 1 unspecified atom stereocenters. The van der Waals surface area contributed by atoms with Crippen LogP contribution in [-0.4, -0.2) is 43.7 Å². The van der Waals surface area contributed by atoms with E-state index in [2.05, 4.69) is 34.5 Å². The van der Waals surface area contributed by atoms with Crippen molar-refractivity contribution >= 4 is 5.97 Å². The summed E-state index contributed by atoms with van der Waals surface area (Å²) in [6, 6.07) is 0.599. The van der Waals surface area contributed by atoms with Crippen molar-refractivity contribution in [2.24, 2.45) is 0 Å². The quantitative estimate of drug-likeness (QED) is 0.331. The van der Waals surface area contributed by atoms with Crippen LogP contribution in [0.1, 0.15) is 33.1 Å². The molecule has 3 nitrogen and oxygen atoms in total. The summed E-state index contributed by atoms with van der Waals surface area (Å²) in [7, 11) is 4.37. The molecule has 0 radical (unpaired) electrons. The number of rotatable bonds is 8. The molecule has 0 rings (SSSR count). The third kappa shape index (κ3) is 8.22. The molecule has 0 spiro atoms. The molecule has 1 atom stereocenters. The monoisotopic (exact) mass is 263 g/mol. The van der Waals surface area contributed by atoms with E-state index in [4.69, 9.17) is 4.74 Å². The van der Waals surface area contributed by atoms with Crippen LogP contribution >= 0.6 is 0 Å². The van der Waals surface area contributed by atoms with Gasteiger partial charge in [-0.1, -0.05) is 19.9 Å². The van der Waals surface area contributed by atoms with Gasteiger partial charge in [-0.05, 0) is 19.8 Å². The van der Waals surface area contributed by atoms with E-state index in [1.54, 1.807) is 0 Å². The van der Waals surface area contributed by atoms with Crippen molar-refractivity contribution < 1.29 is 26.4 Å². The Hall–Kier alpha value is -0.540. The number of carbonyl (C=O) groups excluding carboxylic acids is 1. The van der Waals surface area contributed by atoms with E-state index in [1.165, 1.54) is 25.3 Å². The second kappa shape index (κ2) is 9.49. The minimum absolute atomic E-state index is 0. The Morgan fingerprint density at radius 2 is 2.06 bits per heavy atom. The van der Waals surface area contributed by atoms with E-state index < -0.39 is 0 Å². The third-order valence-electron chi connectivity index (χ3n) is 3.25. The average Bonchev–Trinajstić information content (AvgIpc) is 2.25. The van der Waals surface area contributed by atoms with Gasteiger partial charge < -0.3 is 21.6 Å². The van der Waals surface area contributed by atoms with Gasteiger partial charge in [0, 0.05) is 6.08 Å². The maximum Gasteiger partial charge on any atom is 0.330 e. The molecule has 0 saturated carbocycles. The van der Waals surface area contributed by atoms with Crippen LogP contribution in [0.5, 0.6) is 0 Å². The van der Waals surface area contributed by atoms with Crippen molar-refractivity contribution in [1.82, 2.24) is 0 Å². The molecule has 0 aliphatic heterocycles. The summed E-state index contributed by atoms with van der Waals surface area (Å²) < 4.78 is 5.90. The lowest BCUT2D eigenvalue weighted by Gasteiger charge is -2.36. The van der Waals surface area contributed by atoms with Crippen molar-refractivity contribution in [2.45, 2.75) is 39.2 Å². The van der Waals surface area contributed by atoms with Gasteiger partial charge in [-0.3, -0.25) is 0 Å². The van der Waals surface area contributed by atoms with Gasteiger partial charge in [-0.2, -0.15) is 0 Å². The predicted molar refractivity (Wildman–Crippen MR) is 67.1 cm³/mol. The molecule has 0 heterocycles. The van der Waals surface area contributed by atoms with Crippen LogP contribution in [0, 0.1) is 0 Å². The Morgan fingerprint density at radius 3 is 2.53 bits per heavy atom. The molecule has 0 fully saturated rings. The first-order chi connectivity index (χ1) is 7.44. The number of unbranched alkanes of at least 4 members (excludes halogenated alkanes) is 1. The smallest absolute Gasteiger partial charge is 0.330 e. The molecule has 0 aromatic rings. The van der Waals surface area contributed by atoms with Gasteiger partial charge in [0.05, 0.1) is 20.1 Å². The molecule has 0 saturated heterocycles. The van der Waals surface area contributed by atoms with Crippen LogP contribution < -0.4 is 12.4 Å². The standard InChI is InChI=1S/C13H26NO2.ClH/c1-6-8-9-12(3)14(4,5)10-11-16-13(15)7-2;/h7,12H,2,6,8-11H2,1,3-5H3;1H/q+1;/p-1. The molecule has 0 amide bonds. The highest BCUT2D eigenvalue weighted by Crippen LogP contribution is 2.13. The number of esters is 1. The molecule has 0 bridgehead atoms. The van der Waals surface area contributed by atoms with Crippen molar-refractivity contribution in [3.05, 3.63) is 12.7 Å². The Balaban J connectivity index is 0. The Bertz CT molecular complexity index is 229. The highest BCUT2D eigenvalue weighted by Gasteiger charge is 2.23. The van der Waals surface area contributed by atoms with Gasteiger partial charge in [0.15, 0.2) is 0 Å². The fraction of sp³-hybridized carbons (Fsp3) is 0.769. The highest BCUT2D eigenvalue weighted by molar-refractivity contribution is 5.81. The number of hydrogen-bond acceptors (Lipinski definition) is 2. The lowest BCUT2D eigenvalue weighted by atomic mass is 10.1. The van der Waals surface area contributed by atoms with E-state index in [-0.39, 0.29) is 18.4 Å². The Morgan fingerprint density at radius 1 is 1.47 bits per heavy atom. The maximum absolute atomic E-state index is 10.9. The minimum Gasteiger partial charge on any atom is -1.00 e. The van der Waals surface area contributed by atoms with Crippen LogP contribution in [0.4, 0.5) is 0 Å². The summed E-state index contributed by atoms with van der Waals surface area (Å²) in [5.74, 6) is -0.332. The summed E-state index contributed by atoms with van der Waals surface area (Å²) in [5.41, 5.74) is 0. The molecule has 0 aliphatic rings. The van der Waals surface area contributed by atoms with Crippen LogP contribution in [0.15, 0.2) is 12.7 Å². The molecule has 4 heteroatoms. The molecule has 102 valence electrons. The summed E-state index contributed by atoms with van der Waals surface area (Å²) in [4.78, 5) is 10.9. The first-order valence-corrected chi connectivity index (χ1v) is 6.06. The number of ether oxygens (including phenoxy) is 1. The van der Waals surface area contributed by atoms with Crippen LogP contribution in [-0.2, 0) is 9.53 Å². The zero-order chi connectivity index (χ0) is 12.6. The lowest BCUT2D eigenvalue weighted by Crippen LogP contribution is -3.00. The summed E-state index contributed by atoms with van der Waals surface area (Å²) in [6.45, 7) is 9.15. The molecule has 0 N–H and O–H groups in total. The van der Waals surface area contributed by atoms with Crippen LogP contribution in [0.3, 0.4) is 0 Å². The first kappa shape index (κ1) is 18.8. The molecular weight excluding hydrogens is 238 g/mol. The molecular formula is C13H26ClNO2. The van der Waals surface area contributed by atoms with E-state index in [1.807, 2.05) is 0 Å². The van der Waals surface area contributed by atoms with Gasteiger partial charge in [0.25, 0.3) is 0 Å². The fourth-order valence-corrected chi connectivity index (χ4v) is 1.51. The number of hydrogen-bond donors (Lipinski definition) is 0.